The highest BCUT2D eigenvalue weighted by Gasteiger charge is 2.52. The van der Waals surface area contributed by atoms with Gasteiger partial charge in [-0.3, -0.25) is 4.79 Å². The number of nitrogens with zero attached hydrogens (tertiary/aromatic N) is 1. The lowest BCUT2D eigenvalue weighted by atomic mass is 9.96. The second-order valence-electron chi connectivity index (χ2n) is 6.28. The van der Waals surface area contributed by atoms with E-state index in [9.17, 15) is 18.3 Å². The Morgan fingerprint density at radius 1 is 1.25 bits per heavy atom. The topological polar surface area (TPSA) is 83.9 Å². The van der Waals surface area contributed by atoms with Crippen molar-refractivity contribution in [2.75, 3.05) is 26.7 Å². The minimum absolute atomic E-state index is 0.0392. The summed E-state index contributed by atoms with van der Waals surface area (Å²) < 4.78 is 29.8. The number of sulfone groups is 1. The van der Waals surface area contributed by atoms with Crippen LogP contribution in [-0.4, -0.2) is 55.9 Å². The summed E-state index contributed by atoms with van der Waals surface area (Å²) in [4.78, 5) is 13.8. The quantitative estimate of drug-likeness (QED) is 0.755. The molecule has 1 N–H and O–H groups in total. The number of ether oxygens (including phenoxy) is 1. The Balaban J connectivity index is 2.26. The van der Waals surface area contributed by atoms with E-state index in [2.05, 4.69) is 6.92 Å². The molecule has 1 aliphatic heterocycles. The molecule has 2 rings (SSSR count). The lowest BCUT2D eigenvalue weighted by molar-refractivity contribution is -0.141. The molecule has 6 nitrogen and oxygen atoms in total. The van der Waals surface area contributed by atoms with Crippen molar-refractivity contribution in [2.24, 2.45) is 0 Å². The number of carbonyl (C=O) groups is 1. The van der Waals surface area contributed by atoms with Crippen LogP contribution < -0.4 is 4.74 Å². The number of hydrogen-bond donors (Lipinski definition) is 1. The van der Waals surface area contributed by atoms with E-state index in [1.165, 1.54) is 12.1 Å². The van der Waals surface area contributed by atoms with Crippen LogP contribution >= 0.6 is 0 Å². The van der Waals surface area contributed by atoms with E-state index in [0.717, 1.165) is 12.8 Å². The van der Waals surface area contributed by atoms with E-state index in [4.69, 9.17) is 4.74 Å². The molecule has 0 spiro atoms. The summed E-state index contributed by atoms with van der Waals surface area (Å²) in [6, 6.07) is 6.07. The molecule has 1 aliphatic rings. The third-order valence-corrected chi connectivity index (χ3v) is 7.10. The Bertz CT molecular complexity index is 661. The summed E-state index contributed by atoms with van der Waals surface area (Å²) in [7, 11) is -2.11. The molecule has 24 heavy (non-hydrogen) atoms. The molecule has 134 valence electrons. The minimum Gasteiger partial charge on any atom is -0.494 e. The van der Waals surface area contributed by atoms with E-state index >= 15 is 0 Å². The number of likely N-dealkylation sites (tertiary alicyclic amines) is 1. The van der Waals surface area contributed by atoms with Crippen LogP contribution in [0.4, 0.5) is 0 Å². The fraction of sp³-hybridized carbons (Fsp3) is 0.588. The molecule has 1 aromatic rings. The van der Waals surface area contributed by atoms with Gasteiger partial charge in [-0.05, 0) is 63.7 Å². The first-order valence-corrected chi connectivity index (χ1v) is 9.71. The predicted molar refractivity (Wildman–Crippen MR) is 91.1 cm³/mol. The monoisotopic (exact) mass is 355 g/mol. The number of aliphatic carboxylic acids is 1. The van der Waals surface area contributed by atoms with Crippen LogP contribution in [0.3, 0.4) is 0 Å². The van der Waals surface area contributed by atoms with Crippen LogP contribution in [-0.2, 0) is 14.6 Å². The number of hydrogen-bond acceptors (Lipinski definition) is 5. The van der Waals surface area contributed by atoms with Crippen LogP contribution in [0.2, 0.25) is 0 Å². The fourth-order valence-electron chi connectivity index (χ4n) is 2.85. The van der Waals surface area contributed by atoms with Crippen molar-refractivity contribution in [2.45, 2.75) is 42.2 Å². The molecule has 1 saturated heterocycles. The molecule has 1 aromatic carbocycles. The first-order chi connectivity index (χ1) is 11.3. The molecule has 0 aromatic heterocycles. The van der Waals surface area contributed by atoms with Gasteiger partial charge in [0.2, 0.25) is 0 Å². The highest BCUT2D eigenvalue weighted by Crippen LogP contribution is 2.36. The maximum atomic E-state index is 13.0. The molecule has 1 fully saturated rings. The maximum Gasteiger partial charge on any atom is 0.325 e. The van der Waals surface area contributed by atoms with Crippen molar-refractivity contribution in [3.63, 3.8) is 0 Å². The van der Waals surface area contributed by atoms with Crippen LogP contribution in [0.1, 0.15) is 32.6 Å². The average Bonchev–Trinajstić information content (AvgIpc) is 2.56. The normalized spacial score (nSPS) is 18.2. The second-order valence-corrected chi connectivity index (χ2v) is 8.54. The number of rotatable bonds is 7. The average molecular weight is 355 g/mol. The Morgan fingerprint density at radius 2 is 1.83 bits per heavy atom. The predicted octanol–water partition coefficient (Wildman–Crippen LogP) is 2.19. The Morgan fingerprint density at radius 3 is 2.33 bits per heavy atom. The van der Waals surface area contributed by atoms with Gasteiger partial charge in [0.25, 0.3) is 0 Å². The Kier molecular flexibility index (Phi) is 5.87. The summed E-state index contributed by atoms with van der Waals surface area (Å²) >= 11 is 0. The summed E-state index contributed by atoms with van der Waals surface area (Å²) in [5, 5.41) is 9.65. The van der Waals surface area contributed by atoms with Gasteiger partial charge >= 0.3 is 5.97 Å². The van der Waals surface area contributed by atoms with Gasteiger partial charge in [-0.2, -0.15) is 0 Å². The first kappa shape index (κ1) is 18.7. The molecule has 7 heteroatoms. The summed E-state index contributed by atoms with van der Waals surface area (Å²) in [5.74, 6) is -0.672. The Labute approximate surface area is 143 Å². The van der Waals surface area contributed by atoms with Gasteiger partial charge in [0.15, 0.2) is 14.6 Å². The summed E-state index contributed by atoms with van der Waals surface area (Å²) in [6.45, 7) is 3.54. The van der Waals surface area contributed by atoms with Crippen LogP contribution in [0.5, 0.6) is 5.75 Å². The van der Waals surface area contributed by atoms with E-state index in [0.29, 0.717) is 25.4 Å². The van der Waals surface area contributed by atoms with Crippen molar-refractivity contribution >= 4 is 15.8 Å². The highest BCUT2D eigenvalue weighted by molar-refractivity contribution is 7.93. The lowest BCUT2D eigenvalue weighted by Gasteiger charge is -2.36. The summed E-state index contributed by atoms with van der Waals surface area (Å²) in [6.07, 6.45) is 2.13. The van der Waals surface area contributed by atoms with E-state index in [1.54, 1.807) is 12.1 Å². The SMILES string of the molecule is CCCCOc1ccc(S(=O)(=O)C2(C(=O)O)CCN(C)CC2)cc1. The summed E-state index contributed by atoms with van der Waals surface area (Å²) in [5.41, 5.74) is 0. The van der Waals surface area contributed by atoms with Crippen molar-refractivity contribution in [1.29, 1.82) is 0 Å². The Hall–Kier alpha value is -1.60. The van der Waals surface area contributed by atoms with Crippen molar-refractivity contribution in [3.8, 4) is 5.75 Å². The van der Waals surface area contributed by atoms with Crippen molar-refractivity contribution in [1.82, 2.24) is 4.90 Å². The zero-order chi connectivity index (χ0) is 17.8. The highest BCUT2D eigenvalue weighted by atomic mass is 32.2. The minimum atomic E-state index is -3.97. The number of carboxylic acids is 1. The van der Waals surface area contributed by atoms with Gasteiger partial charge in [-0.25, -0.2) is 8.42 Å². The van der Waals surface area contributed by atoms with E-state index in [-0.39, 0.29) is 17.7 Å². The van der Waals surface area contributed by atoms with Crippen LogP contribution in [0, 0.1) is 0 Å². The van der Waals surface area contributed by atoms with Gasteiger partial charge < -0.3 is 14.7 Å². The number of unbranched alkanes of at least 4 members (excludes halogenated alkanes) is 1. The molecule has 0 bridgehead atoms. The van der Waals surface area contributed by atoms with Gasteiger partial charge in [-0.1, -0.05) is 13.3 Å². The molecular weight excluding hydrogens is 330 g/mol. The third kappa shape index (κ3) is 3.57. The molecular formula is C17H25NO5S. The van der Waals surface area contributed by atoms with E-state index < -0.39 is 20.6 Å². The lowest BCUT2D eigenvalue weighted by Crippen LogP contribution is -2.53. The third-order valence-electron chi connectivity index (χ3n) is 4.60. The standard InChI is InChI=1S/C17H25NO5S/c1-3-4-13-23-14-5-7-15(8-6-14)24(21,22)17(16(19)20)9-11-18(2)12-10-17/h5-8H,3-4,9-13H2,1-2H3,(H,19,20). The first-order valence-electron chi connectivity index (χ1n) is 8.23. The largest absolute Gasteiger partial charge is 0.494 e. The maximum absolute atomic E-state index is 13.0. The number of benzene rings is 1. The van der Waals surface area contributed by atoms with Crippen LogP contribution in [0.15, 0.2) is 29.2 Å². The molecule has 0 atom stereocenters. The molecule has 0 radical (unpaired) electrons. The van der Waals surface area contributed by atoms with Crippen molar-refractivity contribution in [3.05, 3.63) is 24.3 Å². The molecule has 0 saturated carbocycles. The molecule has 0 unspecified atom stereocenters. The van der Waals surface area contributed by atoms with Crippen LogP contribution in [0.25, 0.3) is 0 Å². The van der Waals surface area contributed by atoms with Gasteiger partial charge in [-0.15, -0.1) is 0 Å². The van der Waals surface area contributed by atoms with E-state index in [1.807, 2.05) is 11.9 Å². The molecule has 0 amide bonds. The van der Waals surface area contributed by atoms with Gasteiger partial charge in [0.1, 0.15) is 5.75 Å². The fourth-order valence-corrected chi connectivity index (χ4v) is 4.75. The second kappa shape index (κ2) is 7.53. The smallest absolute Gasteiger partial charge is 0.325 e. The number of piperidine rings is 1. The zero-order valence-corrected chi connectivity index (χ0v) is 15.0. The zero-order valence-electron chi connectivity index (χ0n) is 14.2. The van der Waals surface area contributed by atoms with Gasteiger partial charge in [0.05, 0.1) is 11.5 Å². The van der Waals surface area contributed by atoms with Crippen molar-refractivity contribution < 1.29 is 23.1 Å². The molecule has 1 heterocycles. The molecule has 0 aliphatic carbocycles. The number of carboxylic acid groups (broad SMARTS) is 1. The van der Waals surface area contributed by atoms with Gasteiger partial charge in [0, 0.05) is 0 Å².